The third-order valence-corrected chi connectivity index (χ3v) is 14.8. The van der Waals surface area contributed by atoms with Crippen LogP contribution in [-0.4, -0.2) is 45.4 Å². The molecule has 0 radical (unpaired) electrons. The zero-order chi connectivity index (χ0) is 28.0. The van der Waals surface area contributed by atoms with Crippen molar-refractivity contribution < 1.29 is 14.2 Å². The van der Waals surface area contributed by atoms with Crippen molar-refractivity contribution in [1.82, 2.24) is 0 Å². The summed E-state index contributed by atoms with van der Waals surface area (Å²) in [5, 5.41) is 0.437. The Balaban J connectivity index is 1.71. The highest BCUT2D eigenvalue weighted by atomic mass is 31.1. The van der Waals surface area contributed by atoms with Crippen LogP contribution in [0.1, 0.15) is 94.1 Å². The molecule has 4 saturated heterocycles. The van der Waals surface area contributed by atoms with E-state index in [9.17, 15) is 0 Å². The molecule has 0 amide bonds. The maximum atomic E-state index is 7.11. The molecular formula is C33H50O3P2. The average Bonchev–Trinajstić information content (AvgIpc) is 2.74. The van der Waals surface area contributed by atoms with Crippen LogP contribution in [0.5, 0.6) is 0 Å². The Bertz CT molecular complexity index is 1080. The van der Waals surface area contributed by atoms with E-state index in [0.717, 1.165) is 31.6 Å². The van der Waals surface area contributed by atoms with Crippen LogP contribution in [-0.2, 0) is 14.2 Å². The molecule has 6 unspecified atom stereocenters. The van der Waals surface area contributed by atoms with Gasteiger partial charge >= 0.3 is 0 Å². The van der Waals surface area contributed by atoms with Crippen LogP contribution < -0.4 is 0 Å². The van der Waals surface area contributed by atoms with Crippen LogP contribution in [0.15, 0.2) is 48.6 Å². The van der Waals surface area contributed by atoms with Crippen LogP contribution >= 0.6 is 17.2 Å². The van der Waals surface area contributed by atoms with E-state index in [1.54, 1.807) is 0 Å². The van der Waals surface area contributed by atoms with Crippen molar-refractivity contribution in [3.05, 3.63) is 54.1 Å². The van der Waals surface area contributed by atoms with Gasteiger partial charge in [0.2, 0.25) is 0 Å². The molecule has 1 aliphatic carbocycles. The van der Waals surface area contributed by atoms with Crippen molar-refractivity contribution >= 4 is 22.7 Å². The maximum Gasteiger partial charge on any atom is 0.172 e. The summed E-state index contributed by atoms with van der Waals surface area (Å²) in [6.07, 6.45) is 12.1. The molecule has 0 aromatic heterocycles. The van der Waals surface area contributed by atoms with Crippen LogP contribution in [0, 0.1) is 10.8 Å². The number of allylic oxidation sites excluding steroid dienone is 4. The van der Waals surface area contributed by atoms with Crippen LogP contribution in [0.4, 0.5) is 0 Å². The lowest BCUT2D eigenvalue weighted by Gasteiger charge is -2.78. The van der Waals surface area contributed by atoms with Crippen molar-refractivity contribution in [1.29, 1.82) is 0 Å². The summed E-state index contributed by atoms with van der Waals surface area (Å²) in [6.45, 7) is 23.7. The Morgan fingerprint density at radius 2 is 1.34 bits per heavy atom. The highest BCUT2D eigenvalue weighted by Crippen LogP contribution is 2.76. The number of benzene rings is 1. The molecule has 1 aromatic rings. The van der Waals surface area contributed by atoms with Crippen molar-refractivity contribution in [2.45, 2.75) is 122 Å². The van der Waals surface area contributed by atoms with Gasteiger partial charge in [-0.05, 0) is 67.9 Å². The highest BCUT2D eigenvalue weighted by molar-refractivity contribution is 7.60. The molecule has 3 nitrogen and oxygen atoms in total. The van der Waals surface area contributed by atoms with E-state index in [0.29, 0.717) is 0 Å². The van der Waals surface area contributed by atoms with Crippen molar-refractivity contribution in [3.63, 3.8) is 0 Å². The summed E-state index contributed by atoms with van der Waals surface area (Å²) < 4.78 is 20.7. The van der Waals surface area contributed by atoms with Crippen molar-refractivity contribution in [2.24, 2.45) is 10.8 Å². The molecular weight excluding hydrogens is 506 g/mol. The molecule has 6 rings (SSSR count). The van der Waals surface area contributed by atoms with Gasteiger partial charge in [0.25, 0.3) is 0 Å². The summed E-state index contributed by atoms with van der Waals surface area (Å²) in [7, 11) is 2.80. The molecule has 4 fully saturated rings. The second kappa shape index (κ2) is 8.72. The molecule has 1 aromatic carbocycles. The second-order valence-corrected chi connectivity index (χ2v) is 19.4. The van der Waals surface area contributed by atoms with Gasteiger partial charge in [-0.1, -0.05) is 98.0 Å². The predicted octanol–water partition coefficient (Wildman–Crippen LogP) is 8.78. The van der Waals surface area contributed by atoms with Gasteiger partial charge in [0.05, 0.1) is 11.2 Å². The highest BCUT2D eigenvalue weighted by Gasteiger charge is 2.81. The Morgan fingerprint density at radius 3 is 1.76 bits per heavy atom. The first-order valence-corrected chi connectivity index (χ1v) is 16.7. The van der Waals surface area contributed by atoms with Crippen molar-refractivity contribution in [3.8, 4) is 0 Å². The van der Waals surface area contributed by atoms with Crippen LogP contribution in [0.2, 0.25) is 0 Å². The van der Waals surface area contributed by atoms with E-state index in [1.807, 2.05) is 0 Å². The fourth-order valence-corrected chi connectivity index (χ4v) is 14.8. The third-order valence-electron chi connectivity index (χ3n) is 10.0. The molecule has 4 bridgehead atoms. The lowest BCUT2D eigenvalue weighted by Crippen LogP contribution is -2.85. The minimum absolute atomic E-state index is 0.122. The first-order valence-electron chi connectivity index (χ1n) is 14.4. The van der Waals surface area contributed by atoms with Crippen molar-refractivity contribution in [2.75, 3.05) is 12.3 Å². The van der Waals surface area contributed by atoms with E-state index in [2.05, 4.69) is 127 Å². The Hall–Kier alpha value is -0.560. The zero-order valence-electron chi connectivity index (χ0n) is 25.4. The first-order chi connectivity index (χ1) is 17.4. The third kappa shape index (κ3) is 4.17. The molecule has 210 valence electrons. The van der Waals surface area contributed by atoms with Gasteiger partial charge in [0.15, 0.2) is 11.6 Å². The number of rotatable bonds is 5. The molecule has 5 heteroatoms. The van der Waals surface area contributed by atoms with Gasteiger partial charge in [-0.25, -0.2) is 0 Å². The minimum Gasteiger partial charge on any atom is -0.343 e. The lowest BCUT2D eigenvalue weighted by atomic mass is 9.43. The summed E-state index contributed by atoms with van der Waals surface area (Å²) in [5.74, 6) is -1.25. The fourth-order valence-electron chi connectivity index (χ4n) is 9.47. The standard InChI is InChI=1S/C33H50O3P2/c1-26(2,3)38(27(4,5)6)23-32(18-16-25(17-19-32)24-14-12-11-13-15-24)33(22-37)28(7)20-30(9)35-29(33,8)21-31(10,34-28)36-30/h11-18H,19-23,37H2,1-10H3. The minimum atomic E-state index is -0.624. The monoisotopic (exact) mass is 556 g/mol. The van der Waals surface area contributed by atoms with E-state index in [-0.39, 0.29) is 40.3 Å². The number of hydrogen-bond acceptors (Lipinski definition) is 3. The molecule has 4 aliphatic heterocycles. The van der Waals surface area contributed by atoms with Crippen LogP contribution in [0.3, 0.4) is 0 Å². The normalized spacial score (nSPS) is 42.6. The predicted molar refractivity (Wildman–Crippen MR) is 165 cm³/mol. The quantitative estimate of drug-likeness (QED) is 0.339. The average molecular weight is 557 g/mol. The summed E-state index contributed by atoms with van der Waals surface area (Å²) in [4.78, 5) is 0. The number of hydrogen-bond donors (Lipinski definition) is 0. The van der Waals surface area contributed by atoms with Gasteiger partial charge in [-0.2, -0.15) is 0 Å². The summed E-state index contributed by atoms with van der Waals surface area (Å²) in [5.41, 5.74) is 1.46. The SMILES string of the molecule is CC12CC3(C)OC(C)(CC(C)(O1)C3(CP)C1(CP(C(C)(C)C)C(C)(C)C)C=CC(c3ccccc3)=CC1)O2. The number of ether oxygens (including phenoxy) is 3. The molecule has 4 heterocycles. The van der Waals surface area contributed by atoms with Gasteiger partial charge in [-0.15, -0.1) is 9.24 Å². The fraction of sp³-hybridized carbons (Fsp3) is 0.697. The summed E-state index contributed by atoms with van der Waals surface area (Å²) >= 11 is 0. The van der Waals surface area contributed by atoms with Crippen LogP contribution in [0.25, 0.3) is 5.57 Å². The first kappa shape index (κ1) is 29.0. The molecule has 0 spiro atoms. The Labute approximate surface area is 235 Å². The molecule has 5 aliphatic rings. The van der Waals surface area contributed by atoms with Gasteiger partial charge < -0.3 is 14.2 Å². The van der Waals surface area contributed by atoms with E-state index in [4.69, 9.17) is 14.2 Å². The molecule has 0 N–H and O–H groups in total. The smallest absolute Gasteiger partial charge is 0.172 e. The Morgan fingerprint density at radius 1 is 0.816 bits per heavy atom. The van der Waals surface area contributed by atoms with Gasteiger partial charge in [0.1, 0.15) is 0 Å². The zero-order valence-corrected chi connectivity index (χ0v) is 27.5. The second-order valence-electron chi connectivity index (χ2n) is 15.1. The Kier molecular flexibility index (Phi) is 6.64. The maximum absolute atomic E-state index is 7.11. The van der Waals surface area contributed by atoms with E-state index in [1.165, 1.54) is 11.1 Å². The molecule has 38 heavy (non-hydrogen) atoms. The molecule has 0 saturated carbocycles. The summed E-state index contributed by atoms with van der Waals surface area (Å²) in [6, 6.07) is 10.8. The molecule has 6 atom stereocenters. The van der Waals surface area contributed by atoms with E-state index >= 15 is 0 Å². The van der Waals surface area contributed by atoms with Gasteiger partial charge in [-0.3, -0.25) is 0 Å². The largest absolute Gasteiger partial charge is 0.343 e. The topological polar surface area (TPSA) is 27.7 Å². The van der Waals surface area contributed by atoms with Gasteiger partial charge in [0, 0.05) is 23.7 Å². The van der Waals surface area contributed by atoms with E-state index < -0.39 is 11.6 Å². The lowest BCUT2D eigenvalue weighted by molar-refractivity contribution is -0.550.